The van der Waals surface area contributed by atoms with E-state index in [1.165, 1.54) is 4.90 Å². The Morgan fingerprint density at radius 3 is 2.32 bits per heavy atom. The number of nitrogens with zero attached hydrogens (tertiary/aromatic N) is 1. The van der Waals surface area contributed by atoms with Crippen LogP contribution in [-0.4, -0.2) is 54.9 Å². The molecule has 0 aliphatic carbocycles. The number of nitrogens with two attached hydrogens (primary N) is 1. The lowest BCUT2D eigenvalue weighted by Crippen LogP contribution is -2.51. The van der Waals surface area contributed by atoms with Crippen molar-refractivity contribution in [1.82, 2.24) is 10.2 Å². The fourth-order valence-electron chi connectivity index (χ4n) is 1.66. The van der Waals surface area contributed by atoms with E-state index in [9.17, 15) is 9.59 Å². The minimum atomic E-state index is -0.544. The molecule has 1 unspecified atom stereocenters. The van der Waals surface area contributed by atoms with Crippen molar-refractivity contribution >= 4 is 23.6 Å². The van der Waals surface area contributed by atoms with Crippen molar-refractivity contribution in [2.75, 3.05) is 26.1 Å². The van der Waals surface area contributed by atoms with E-state index < -0.39 is 12.1 Å². The predicted molar refractivity (Wildman–Crippen MR) is 81.1 cm³/mol. The Morgan fingerprint density at radius 2 is 1.89 bits per heavy atom. The summed E-state index contributed by atoms with van der Waals surface area (Å²) in [6.45, 7) is 4.05. The number of amides is 2. The molecular formula is C13H27N3O2S. The average molecular weight is 289 g/mol. The van der Waals surface area contributed by atoms with Crippen molar-refractivity contribution < 1.29 is 9.59 Å². The van der Waals surface area contributed by atoms with E-state index in [1.54, 1.807) is 25.9 Å². The van der Waals surface area contributed by atoms with Crippen LogP contribution in [0.4, 0.5) is 0 Å². The molecule has 6 heteroatoms. The number of likely N-dealkylation sites (N-methyl/N-ethyl adjacent to an activating group) is 1. The molecule has 2 atom stereocenters. The molecule has 0 fully saturated rings. The molecule has 0 spiro atoms. The van der Waals surface area contributed by atoms with Crippen LogP contribution in [0.2, 0.25) is 0 Å². The van der Waals surface area contributed by atoms with Crippen LogP contribution in [0.5, 0.6) is 0 Å². The summed E-state index contributed by atoms with van der Waals surface area (Å²) < 4.78 is 0. The maximum atomic E-state index is 12.0. The molecule has 0 aromatic carbocycles. The maximum Gasteiger partial charge on any atom is 0.244 e. The molecule has 0 radical (unpaired) electrons. The van der Waals surface area contributed by atoms with Crippen molar-refractivity contribution in [3.63, 3.8) is 0 Å². The number of hydrogen-bond donors (Lipinski definition) is 2. The lowest BCUT2D eigenvalue weighted by Gasteiger charge is -2.24. The highest BCUT2D eigenvalue weighted by Crippen LogP contribution is 2.08. The minimum absolute atomic E-state index is 0.0842. The zero-order valence-electron chi connectivity index (χ0n) is 12.6. The Balaban J connectivity index is 4.54. The van der Waals surface area contributed by atoms with Gasteiger partial charge < -0.3 is 16.0 Å². The van der Waals surface area contributed by atoms with Crippen LogP contribution in [0.3, 0.4) is 0 Å². The molecule has 0 aliphatic heterocycles. The highest BCUT2D eigenvalue weighted by atomic mass is 32.2. The van der Waals surface area contributed by atoms with Gasteiger partial charge in [-0.3, -0.25) is 9.59 Å². The zero-order chi connectivity index (χ0) is 15.0. The molecule has 112 valence electrons. The van der Waals surface area contributed by atoms with Crippen molar-refractivity contribution in [2.45, 2.75) is 38.8 Å². The summed E-state index contributed by atoms with van der Waals surface area (Å²) in [5, 5.41) is 2.77. The van der Waals surface area contributed by atoms with Gasteiger partial charge in [0.05, 0.1) is 6.04 Å². The van der Waals surface area contributed by atoms with E-state index in [0.29, 0.717) is 18.8 Å². The summed E-state index contributed by atoms with van der Waals surface area (Å²) in [6, 6.07) is -1.03. The van der Waals surface area contributed by atoms with Gasteiger partial charge >= 0.3 is 0 Å². The van der Waals surface area contributed by atoms with Crippen molar-refractivity contribution in [2.24, 2.45) is 11.7 Å². The topological polar surface area (TPSA) is 75.4 Å². The zero-order valence-corrected chi connectivity index (χ0v) is 13.4. The molecule has 0 aromatic rings. The van der Waals surface area contributed by atoms with Gasteiger partial charge in [0.1, 0.15) is 6.04 Å². The molecule has 0 aliphatic rings. The summed E-state index contributed by atoms with van der Waals surface area (Å²) in [5.41, 5.74) is 5.81. The number of nitrogens with one attached hydrogen (secondary N) is 1. The lowest BCUT2D eigenvalue weighted by molar-refractivity contribution is -0.135. The third-order valence-electron chi connectivity index (χ3n) is 2.73. The number of carbonyl (C=O) groups excluding carboxylic acids is 2. The van der Waals surface area contributed by atoms with Gasteiger partial charge in [-0.05, 0) is 30.8 Å². The normalized spacial score (nSPS) is 14.1. The molecule has 3 N–H and O–H groups in total. The molecule has 0 heterocycles. The van der Waals surface area contributed by atoms with Crippen LogP contribution >= 0.6 is 11.8 Å². The van der Waals surface area contributed by atoms with E-state index in [2.05, 4.69) is 5.32 Å². The summed E-state index contributed by atoms with van der Waals surface area (Å²) in [5.74, 6) is 0.844. The lowest BCUT2D eigenvalue weighted by atomic mass is 10.0. The van der Waals surface area contributed by atoms with Crippen molar-refractivity contribution in [1.29, 1.82) is 0 Å². The Hall–Kier alpha value is -0.750. The standard InChI is InChI=1S/C13H27N3O2S/c1-9(2)8-11(13(18)16(3)4)15-12(17)10(14)6-7-19-5/h9-11H,6-8,14H2,1-5H3,(H,15,17)/t10-,11?/m1/s1. The van der Waals surface area contributed by atoms with Gasteiger partial charge in [0.2, 0.25) is 11.8 Å². The summed E-state index contributed by atoms with van der Waals surface area (Å²) in [7, 11) is 3.38. The Morgan fingerprint density at radius 1 is 1.32 bits per heavy atom. The number of carbonyl (C=O) groups is 2. The quantitative estimate of drug-likeness (QED) is 0.689. The van der Waals surface area contributed by atoms with Crippen LogP contribution in [-0.2, 0) is 9.59 Å². The molecule has 0 aromatic heterocycles. The van der Waals surface area contributed by atoms with Gasteiger partial charge in [0.25, 0.3) is 0 Å². The second-order valence-electron chi connectivity index (χ2n) is 5.31. The molecule has 2 amide bonds. The number of thioether (sulfide) groups is 1. The van der Waals surface area contributed by atoms with Crippen molar-refractivity contribution in [3.8, 4) is 0 Å². The fourth-order valence-corrected chi connectivity index (χ4v) is 2.15. The summed E-state index contributed by atoms with van der Waals surface area (Å²) >= 11 is 1.65. The molecule has 0 rings (SSSR count). The van der Waals surface area contributed by atoms with Gasteiger partial charge in [-0.1, -0.05) is 13.8 Å². The van der Waals surface area contributed by atoms with E-state index >= 15 is 0 Å². The third kappa shape index (κ3) is 7.42. The largest absolute Gasteiger partial charge is 0.347 e. The Kier molecular flexibility index (Phi) is 8.84. The van der Waals surface area contributed by atoms with E-state index in [0.717, 1.165) is 5.75 Å². The molecule has 0 bridgehead atoms. The van der Waals surface area contributed by atoms with Gasteiger partial charge in [0, 0.05) is 14.1 Å². The van der Waals surface area contributed by atoms with Crippen LogP contribution in [0.1, 0.15) is 26.7 Å². The first-order valence-corrected chi connectivity index (χ1v) is 7.95. The second kappa shape index (κ2) is 9.20. The number of rotatable bonds is 8. The highest BCUT2D eigenvalue weighted by Gasteiger charge is 2.25. The molecule has 5 nitrogen and oxygen atoms in total. The van der Waals surface area contributed by atoms with Crippen LogP contribution in [0, 0.1) is 5.92 Å². The predicted octanol–water partition coefficient (Wildman–Crippen LogP) is 0.686. The van der Waals surface area contributed by atoms with Gasteiger partial charge in [-0.2, -0.15) is 11.8 Å². The monoisotopic (exact) mass is 289 g/mol. The highest BCUT2D eigenvalue weighted by molar-refractivity contribution is 7.98. The summed E-state index contributed by atoms with van der Waals surface area (Å²) in [4.78, 5) is 25.5. The second-order valence-corrected chi connectivity index (χ2v) is 6.30. The third-order valence-corrected chi connectivity index (χ3v) is 3.38. The minimum Gasteiger partial charge on any atom is -0.347 e. The van der Waals surface area contributed by atoms with Crippen LogP contribution in [0.15, 0.2) is 0 Å². The van der Waals surface area contributed by atoms with E-state index in [-0.39, 0.29) is 11.8 Å². The fraction of sp³-hybridized carbons (Fsp3) is 0.846. The summed E-state index contributed by atoms with van der Waals surface area (Å²) in [6.07, 6.45) is 3.22. The van der Waals surface area contributed by atoms with Crippen LogP contribution < -0.4 is 11.1 Å². The smallest absolute Gasteiger partial charge is 0.244 e. The first-order valence-electron chi connectivity index (χ1n) is 6.55. The molecule has 0 saturated heterocycles. The molecular weight excluding hydrogens is 262 g/mol. The molecule has 19 heavy (non-hydrogen) atoms. The Bertz CT molecular complexity index is 296. The van der Waals surface area contributed by atoms with Crippen molar-refractivity contribution in [3.05, 3.63) is 0 Å². The first kappa shape index (κ1) is 18.2. The maximum absolute atomic E-state index is 12.0. The molecule has 0 saturated carbocycles. The number of hydrogen-bond acceptors (Lipinski definition) is 4. The SMILES string of the molecule is CSCC[C@@H](N)C(=O)NC(CC(C)C)C(=O)N(C)C. The van der Waals surface area contributed by atoms with Gasteiger partial charge in [-0.25, -0.2) is 0 Å². The Labute approximate surface area is 120 Å². The van der Waals surface area contributed by atoms with E-state index in [1.807, 2.05) is 20.1 Å². The van der Waals surface area contributed by atoms with Gasteiger partial charge in [0.15, 0.2) is 0 Å². The van der Waals surface area contributed by atoms with E-state index in [4.69, 9.17) is 5.73 Å². The van der Waals surface area contributed by atoms with Gasteiger partial charge in [-0.15, -0.1) is 0 Å². The average Bonchev–Trinajstić information content (AvgIpc) is 2.33. The first-order chi connectivity index (χ1) is 8.79. The van der Waals surface area contributed by atoms with Crippen LogP contribution in [0.25, 0.3) is 0 Å².